The van der Waals surface area contributed by atoms with Crippen molar-refractivity contribution in [3.63, 3.8) is 0 Å². The lowest BCUT2D eigenvalue weighted by Crippen LogP contribution is -2.05. The Hall–Kier alpha value is -1.04. The minimum Gasteiger partial charge on any atom is -0.324 e. The molecule has 1 aliphatic rings. The molecule has 0 aliphatic heterocycles. The van der Waals surface area contributed by atoms with Crippen LogP contribution in [0.3, 0.4) is 0 Å². The highest BCUT2D eigenvalue weighted by Gasteiger charge is 2.20. The highest BCUT2D eigenvalue weighted by molar-refractivity contribution is 6.31. The standard InChI is InChI=1S/C10H9ClN2/c11-9-4-8-6(1-2-10(8)13)3-7(9)5-12/h3-4,10H,1-2,13H2. The number of fused-ring (bicyclic) bond motifs is 1. The molecule has 1 aromatic carbocycles. The molecule has 0 heterocycles. The van der Waals surface area contributed by atoms with Crippen LogP contribution >= 0.6 is 11.6 Å². The first-order valence-electron chi connectivity index (χ1n) is 4.20. The Bertz CT molecular complexity index is 393. The molecule has 1 aromatic rings. The van der Waals surface area contributed by atoms with Crippen molar-refractivity contribution in [2.75, 3.05) is 0 Å². The molecule has 0 radical (unpaired) electrons. The van der Waals surface area contributed by atoms with E-state index in [1.165, 1.54) is 5.56 Å². The largest absolute Gasteiger partial charge is 0.324 e. The molecular weight excluding hydrogens is 184 g/mol. The summed E-state index contributed by atoms with van der Waals surface area (Å²) in [6.07, 6.45) is 1.92. The third-order valence-corrected chi connectivity index (χ3v) is 2.79. The Labute approximate surface area is 81.9 Å². The van der Waals surface area contributed by atoms with Crippen LogP contribution in [0.5, 0.6) is 0 Å². The van der Waals surface area contributed by atoms with Gasteiger partial charge in [0, 0.05) is 6.04 Å². The van der Waals surface area contributed by atoms with Crippen LogP contribution < -0.4 is 5.73 Å². The Morgan fingerprint density at radius 1 is 1.54 bits per heavy atom. The van der Waals surface area contributed by atoms with Gasteiger partial charge < -0.3 is 5.73 Å². The van der Waals surface area contributed by atoms with Gasteiger partial charge in [0.1, 0.15) is 6.07 Å². The fraction of sp³-hybridized carbons (Fsp3) is 0.300. The number of aryl methyl sites for hydroxylation is 1. The first-order valence-corrected chi connectivity index (χ1v) is 4.58. The number of nitriles is 1. The smallest absolute Gasteiger partial charge is 0.101 e. The highest BCUT2D eigenvalue weighted by Crippen LogP contribution is 2.32. The van der Waals surface area contributed by atoms with Gasteiger partial charge in [-0.25, -0.2) is 0 Å². The molecule has 2 rings (SSSR count). The number of rotatable bonds is 0. The Morgan fingerprint density at radius 2 is 2.31 bits per heavy atom. The van der Waals surface area contributed by atoms with Crippen molar-refractivity contribution in [1.82, 2.24) is 0 Å². The number of nitrogens with zero attached hydrogens (tertiary/aromatic N) is 1. The Kier molecular flexibility index (Phi) is 1.99. The molecule has 0 fully saturated rings. The first kappa shape index (κ1) is 8.55. The molecule has 0 spiro atoms. The van der Waals surface area contributed by atoms with Gasteiger partial charge in [0.2, 0.25) is 0 Å². The van der Waals surface area contributed by atoms with Crippen molar-refractivity contribution >= 4 is 11.6 Å². The van der Waals surface area contributed by atoms with Gasteiger partial charge in [0.05, 0.1) is 10.6 Å². The normalized spacial score (nSPS) is 19.6. The molecule has 3 heteroatoms. The van der Waals surface area contributed by atoms with Gasteiger partial charge in [-0.2, -0.15) is 5.26 Å². The maximum absolute atomic E-state index is 8.75. The fourth-order valence-electron chi connectivity index (χ4n) is 1.75. The second-order valence-electron chi connectivity index (χ2n) is 3.29. The molecule has 1 unspecified atom stereocenters. The van der Waals surface area contributed by atoms with Crippen LogP contribution in [0.4, 0.5) is 0 Å². The number of halogens is 1. The van der Waals surface area contributed by atoms with Crippen molar-refractivity contribution in [3.8, 4) is 6.07 Å². The number of benzene rings is 1. The van der Waals surface area contributed by atoms with Crippen molar-refractivity contribution in [2.24, 2.45) is 5.73 Å². The quantitative estimate of drug-likeness (QED) is 0.685. The molecule has 2 N–H and O–H groups in total. The Morgan fingerprint density at radius 3 is 3.00 bits per heavy atom. The molecular formula is C10H9ClN2. The molecule has 0 bridgehead atoms. The van der Waals surface area contributed by atoms with Gasteiger partial charge >= 0.3 is 0 Å². The summed E-state index contributed by atoms with van der Waals surface area (Å²) in [6.45, 7) is 0. The summed E-state index contributed by atoms with van der Waals surface area (Å²) >= 11 is 5.90. The monoisotopic (exact) mass is 192 g/mol. The zero-order chi connectivity index (χ0) is 9.42. The highest BCUT2D eigenvalue weighted by atomic mass is 35.5. The van der Waals surface area contributed by atoms with Crippen molar-refractivity contribution in [3.05, 3.63) is 33.8 Å². The first-order chi connectivity index (χ1) is 6.22. The molecule has 0 saturated carbocycles. The van der Waals surface area contributed by atoms with Crippen LogP contribution in [-0.4, -0.2) is 0 Å². The zero-order valence-corrected chi connectivity index (χ0v) is 7.80. The van der Waals surface area contributed by atoms with Crippen LogP contribution in [0.1, 0.15) is 29.2 Å². The van der Waals surface area contributed by atoms with E-state index in [2.05, 4.69) is 6.07 Å². The van der Waals surface area contributed by atoms with E-state index in [4.69, 9.17) is 22.6 Å². The fourth-order valence-corrected chi connectivity index (χ4v) is 1.96. The summed E-state index contributed by atoms with van der Waals surface area (Å²) < 4.78 is 0. The number of hydrogen-bond acceptors (Lipinski definition) is 2. The summed E-state index contributed by atoms with van der Waals surface area (Å²) in [5.41, 5.74) is 8.69. The van der Waals surface area contributed by atoms with E-state index in [1.807, 2.05) is 12.1 Å². The van der Waals surface area contributed by atoms with E-state index in [1.54, 1.807) is 0 Å². The average molecular weight is 193 g/mol. The third kappa shape index (κ3) is 1.31. The lowest BCUT2D eigenvalue weighted by atomic mass is 10.1. The van der Waals surface area contributed by atoms with E-state index in [0.717, 1.165) is 18.4 Å². The lowest BCUT2D eigenvalue weighted by Gasteiger charge is -2.05. The minimum atomic E-state index is 0.0974. The molecule has 0 aromatic heterocycles. The number of nitrogens with two attached hydrogens (primary N) is 1. The molecule has 66 valence electrons. The summed E-state index contributed by atoms with van der Waals surface area (Å²) in [5.74, 6) is 0. The zero-order valence-electron chi connectivity index (χ0n) is 7.05. The predicted molar refractivity (Wildman–Crippen MR) is 51.4 cm³/mol. The van der Waals surface area contributed by atoms with Crippen LogP contribution in [0.2, 0.25) is 5.02 Å². The lowest BCUT2D eigenvalue weighted by molar-refractivity contribution is 0.713. The van der Waals surface area contributed by atoms with E-state index < -0.39 is 0 Å². The van der Waals surface area contributed by atoms with E-state index >= 15 is 0 Å². The van der Waals surface area contributed by atoms with Gasteiger partial charge in [-0.3, -0.25) is 0 Å². The summed E-state index contributed by atoms with van der Waals surface area (Å²) in [5, 5.41) is 9.26. The third-order valence-electron chi connectivity index (χ3n) is 2.47. The maximum Gasteiger partial charge on any atom is 0.101 e. The van der Waals surface area contributed by atoms with E-state index in [9.17, 15) is 0 Å². The summed E-state index contributed by atoms with van der Waals surface area (Å²) in [7, 11) is 0. The Balaban J connectivity index is 2.58. The molecule has 0 amide bonds. The van der Waals surface area contributed by atoms with Gasteiger partial charge in [0.15, 0.2) is 0 Å². The topological polar surface area (TPSA) is 49.8 Å². The van der Waals surface area contributed by atoms with Crippen LogP contribution in [-0.2, 0) is 6.42 Å². The van der Waals surface area contributed by atoms with Crippen LogP contribution in [0, 0.1) is 11.3 Å². The van der Waals surface area contributed by atoms with Crippen molar-refractivity contribution in [1.29, 1.82) is 5.26 Å². The van der Waals surface area contributed by atoms with Gasteiger partial charge in [-0.15, -0.1) is 0 Å². The van der Waals surface area contributed by atoms with Crippen LogP contribution in [0.25, 0.3) is 0 Å². The van der Waals surface area contributed by atoms with Crippen molar-refractivity contribution < 1.29 is 0 Å². The summed E-state index contributed by atoms with van der Waals surface area (Å²) in [4.78, 5) is 0. The average Bonchev–Trinajstić information content (AvgIpc) is 2.47. The molecule has 13 heavy (non-hydrogen) atoms. The SMILES string of the molecule is N#Cc1cc2c(cc1Cl)C(N)CC2. The van der Waals surface area contributed by atoms with Crippen molar-refractivity contribution in [2.45, 2.75) is 18.9 Å². The second kappa shape index (κ2) is 3.02. The second-order valence-corrected chi connectivity index (χ2v) is 3.70. The van der Waals surface area contributed by atoms with Gasteiger partial charge in [-0.1, -0.05) is 11.6 Å². The minimum absolute atomic E-state index is 0.0974. The maximum atomic E-state index is 8.75. The molecule has 2 nitrogen and oxygen atoms in total. The summed E-state index contributed by atoms with van der Waals surface area (Å²) in [6, 6.07) is 5.84. The van der Waals surface area contributed by atoms with Gasteiger partial charge in [-0.05, 0) is 36.1 Å². The van der Waals surface area contributed by atoms with E-state index in [0.29, 0.717) is 10.6 Å². The molecule has 0 saturated heterocycles. The predicted octanol–water partition coefficient (Wildman–Crippen LogP) is 2.16. The number of hydrogen-bond donors (Lipinski definition) is 1. The molecule has 1 aliphatic carbocycles. The van der Waals surface area contributed by atoms with Crippen LogP contribution in [0.15, 0.2) is 12.1 Å². The molecule has 1 atom stereocenters. The van der Waals surface area contributed by atoms with Gasteiger partial charge in [0.25, 0.3) is 0 Å². The van der Waals surface area contributed by atoms with E-state index in [-0.39, 0.29) is 6.04 Å².